The first-order valence-corrected chi connectivity index (χ1v) is 10.1. The molecule has 0 saturated carbocycles. The fraction of sp³-hybridized carbons (Fsp3) is 0.0556. The van der Waals surface area contributed by atoms with Crippen LogP contribution >= 0.6 is 0 Å². The Kier molecular flexibility index (Phi) is 6.08. The van der Waals surface area contributed by atoms with Gasteiger partial charge in [-0.05, 0) is 42.5 Å². The minimum atomic E-state index is -3.81. The number of nitrogen functional groups attached to an aromatic ring is 2. The van der Waals surface area contributed by atoms with Gasteiger partial charge in [0.2, 0.25) is 16.0 Å². The van der Waals surface area contributed by atoms with Gasteiger partial charge in [-0.3, -0.25) is 0 Å². The summed E-state index contributed by atoms with van der Waals surface area (Å²) in [6.45, 7) is -0.230. The lowest BCUT2D eigenvalue weighted by Crippen LogP contribution is -2.11. The zero-order valence-electron chi connectivity index (χ0n) is 15.8. The average molecular weight is 443 g/mol. The highest BCUT2D eigenvalue weighted by Crippen LogP contribution is 2.26. The molecule has 0 radical (unpaired) electrons. The van der Waals surface area contributed by atoms with E-state index in [1.807, 2.05) is 0 Å². The maximum absolute atomic E-state index is 12.3. The highest BCUT2D eigenvalue weighted by molar-refractivity contribution is 7.89. The Labute approximate surface area is 176 Å². The molecule has 0 fully saturated rings. The molecule has 0 unspecified atom stereocenters. The second-order valence-corrected chi connectivity index (χ2v) is 7.72. The molecule has 0 aliphatic rings. The second-order valence-electron chi connectivity index (χ2n) is 6.16. The molecule has 0 aliphatic carbocycles. The highest BCUT2D eigenvalue weighted by atomic mass is 32.2. The van der Waals surface area contributed by atoms with Gasteiger partial charge in [0.05, 0.1) is 21.8 Å². The zero-order valence-corrected chi connectivity index (χ0v) is 16.7. The summed E-state index contributed by atoms with van der Waals surface area (Å²) >= 11 is 0. The predicted octanol–water partition coefficient (Wildman–Crippen LogP) is 1.77. The second kappa shape index (κ2) is 8.73. The van der Waals surface area contributed by atoms with Crippen molar-refractivity contribution >= 4 is 39.1 Å². The van der Waals surface area contributed by atoms with E-state index in [9.17, 15) is 18.3 Å². The van der Waals surface area contributed by atoms with Crippen LogP contribution in [0.1, 0.15) is 15.9 Å². The number of esters is 1. The van der Waals surface area contributed by atoms with E-state index in [1.165, 1.54) is 48.7 Å². The summed E-state index contributed by atoms with van der Waals surface area (Å²) in [6.07, 6.45) is 1.33. The van der Waals surface area contributed by atoms with Gasteiger partial charge in [0, 0.05) is 6.20 Å². The van der Waals surface area contributed by atoms with Crippen molar-refractivity contribution in [1.29, 1.82) is 0 Å². The number of primary sulfonamides is 1. The zero-order chi connectivity index (χ0) is 22.6. The van der Waals surface area contributed by atoms with E-state index in [2.05, 4.69) is 20.2 Å². The number of ether oxygens (including phenoxy) is 1. The number of nitrogens with zero attached hydrogens (tertiary/aromatic N) is 4. The van der Waals surface area contributed by atoms with Crippen molar-refractivity contribution in [1.82, 2.24) is 9.97 Å². The first kappa shape index (κ1) is 21.6. The minimum absolute atomic E-state index is 0.0115. The van der Waals surface area contributed by atoms with Crippen molar-refractivity contribution in [3.8, 4) is 5.75 Å². The summed E-state index contributed by atoms with van der Waals surface area (Å²) in [5, 5.41) is 22.9. The number of carbonyl (C=O) groups excluding carboxylic acids is 1. The molecule has 0 aliphatic heterocycles. The minimum Gasteiger partial charge on any atom is -0.507 e. The number of carbonyl (C=O) groups is 1. The summed E-state index contributed by atoms with van der Waals surface area (Å²) in [5.74, 6) is -1.09. The standard InChI is InChI=1S/C18H17N7O5S/c19-16-10(8-22-18(20)23-16)9-30-17(27)14-7-12(3-6-15(14)26)25-24-11-1-4-13(5-2-11)31(21,28)29/h1-8,26H,9H2,(H2,21,28,29)(H4,19,20,22,23). The number of anilines is 2. The summed E-state index contributed by atoms with van der Waals surface area (Å²) in [5.41, 5.74) is 11.9. The third-order valence-corrected chi connectivity index (χ3v) is 4.85. The van der Waals surface area contributed by atoms with Crippen LogP contribution in [0, 0.1) is 0 Å². The van der Waals surface area contributed by atoms with Crippen LogP contribution in [0.5, 0.6) is 5.75 Å². The smallest absolute Gasteiger partial charge is 0.342 e. The van der Waals surface area contributed by atoms with Crippen LogP contribution < -0.4 is 16.6 Å². The summed E-state index contributed by atoms with van der Waals surface area (Å²) < 4.78 is 27.7. The molecule has 1 aromatic heterocycles. The monoisotopic (exact) mass is 443 g/mol. The number of phenols is 1. The molecular formula is C18H17N7O5S. The van der Waals surface area contributed by atoms with Crippen molar-refractivity contribution in [2.75, 3.05) is 11.5 Å². The van der Waals surface area contributed by atoms with Gasteiger partial charge in [-0.15, -0.1) is 0 Å². The van der Waals surface area contributed by atoms with E-state index in [-0.39, 0.29) is 40.3 Å². The van der Waals surface area contributed by atoms with E-state index in [4.69, 9.17) is 21.3 Å². The molecule has 1 heterocycles. The molecule has 0 bridgehead atoms. The fourth-order valence-corrected chi connectivity index (χ4v) is 2.85. The van der Waals surface area contributed by atoms with E-state index in [0.29, 0.717) is 11.3 Å². The maximum Gasteiger partial charge on any atom is 0.342 e. The molecule has 12 nitrogen and oxygen atoms in total. The Morgan fingerprint density at radius 2 is 1.71 bits per heavy atom. The third-order valence-electron chi connectivity index (χ3n) is 3.92. The van der Waals surface area contributed by atoms with Crippen LogP contribution in [0.3, 0.4) is 0 Å². The van der Waals surface area contributed by atoms with Gasteiger partial charge in [-0.1, -0.05) is 0 Å². The van der Waals surface area contributed by atoms with Crippen molar-refractivity contribution in [2.24, 2.45) is 15.4 Å². The Balaban J connectivity index is 1.73. The Bertz CT molecular complexity index is 1260. The van der Waals surface area contributed by atoms with Gasteiger partial charge in [-0.2, -0.15) is 15.2 Å². The average Bonchev–Trinajstić information content (AvgIpc) is 2.72. The SMILES string of the molecule is Nc1ncc(COC(=O)c2cc(N=Nc3ccc(S(N)(=O)=O)cc3)ccc2O)c(N)n1. The van der Waals surface area contributed by atoms with Crippen LogP contribution in [0.15, 0.2) is 63.8 Å². The maximum atomic E-state index is 12.3. The van der Waals surface area contributed by atoms with Crippen LogP contribution in [-0.2, 0) is 21.4 Å². The Hall–Kier alpha value is -4.10. The van der Waals surface area contributed by atoms with Crippen LogP contribution in [0.25, 0.3) is 0 Å². The van der Waals surface area contributed by atoms with Gasteiger partial charge >= 0.3 is 5.97 Å². The molecule has 0 saturated heterocycles. The molecule has 0 amide bonds. The fourth-order valence-electron chi connectivity index (χ4n) is 2.33. The van der Waals surface area contributed by atoms with Gasteiger partial charge in [0.25, 0.3) is 0 Å². The predicted molar refractivity (Wildman–Crippen MR) is 110 cm³/mol. The third kappa shape index (κ3) is 5.49. The largest absolute Gasteiger partial charge is 0.507 e. The quantitative estimate of drug-likeness (QED) is 0.322. The number of aromatic hydroxyl groups is 1. The molecule has 13 heteroatoms. The number of aromatic nitrogens is 2. The Morgan fingerprint density at radius 1 is 1.06 bits per heavy atom. The first-order chi connectivity index (χ1) is 14.6. The van der Waals surface area contributed by atoms with Crippen LogP contribution in [-0.4, -0.2) is 29.5 Å². The molecule has 3 aromatic rings. The Morgan fingerprint density at radius 3 is 2.35 bits per heavy atom. The lowest BCUT2D eigenvalue weighted by atomic mass is 10.2. The summed E-state index contributed by atoms with van der Waals surface area (Å²) in [4.78, 5) is 19.8. The van der Waals surface area contributed by atoms with Crippen molar-refractivity contribution in [3.05, 3.63) is 59.8 Å². The van der Waals surface area contributed by atoms with E-state index >= 15 is 0 Å². The lowest BCUT2D eigenvalue weighted by Gasteiger charge is -2.08. The molecule has 3 rings (SSSR count). The number of benzene rings is 2. The molecule has 0 atom stereocenters. The van der Waals surface area contributed by atoms with Gasteiger partial charge in [0.1, 0.15) is 23.7 Å². The highest BCUT2D eigenvalue weighted by Gasteiger charge is 2.15. The first-order valence-electron chi connectivity index (χ1n) is 8.55. The van der Waals surface area contributed by atoms with Crippen molar-refractivity contribution in [2.45, 2.75) is 11.5 Å². The van der Waals surface area contributed by atoms with Crippen molar-refractivity contribution < 1.29 is 23.1 Å². The number of nitrogens with two attached hydrogens (primary N) is 3. The van der Waals surface area contributed by atoms with Gasteiger partial charge < -0.3 is 21.3 Å². The molecule has 7 N–H and O–H groups in total. The van der Waals surface area contributed by atoms with Gasteiger partial charge in [-0.25, -0.2) is 23.3 Å². The molecular weight excluding hydrogens is 426 g/mol. The molecule has 0 spiro atoms. The van der Waals surface area contributed by atoms with E-state index < -0.39 is 16.0 Å². The number of sulfonamides is 1. The molecule has 31 heavy (non-hydrogen) atoms. The lowest BCUT2D eigenvalue weighted by molar-refractivity contribution is 0.0470. The number of azo groups is 1. The molecule has 160 valence electrons. The number of rotatable bonds is 6. The normalized spacial score (nSPS) is 11.5. The van der Waals surface area contributed by atoms with E-state index in [0.717, 1.165) is 0 Å². The number of phenolic OH excluding ortho intramolecular Hbond substituents is 1. The number of hydrogen-bond donors (Lipinski definition) is 4. The van der Waals surface area contributed by atoms with Crippen LogP contribution in [0.4, 0.5) is 23.1 Å². The molecule has 2 aromatic carbocycles. The summed E-state index contributed by atoms with van der Waals surface area (Å²) in [7, 11) is -3.81. The van der Waals surface area contributed by atoms with Crippen molar-refractivity contribution in [3.63, 3.8) is 0 Å². The van der Waals surface area contributed by atoms with E-state index in [1.54, 1.807) is 0 Å². The van der Waals surface area contributed by atoms with Gasteiger partial charge in [0.15, 0.2) is 0 Å². The summed E-state index contributed by atoms with van der Waals surface area (Å²) in [6, 6.07) is 9.38. The topological polar surface area (TPSA) is 209 Å². The number of hydrogen-bond acceptors (Lipinski definition) is 11. The van der Waals surface area contributed by atoms with Crippen LogP contribution in [0.2, 0.25) is 0 Å².